The number of benzene rings is 3. The predicted molar refractivity (Wildman–Crippen MR) is 123 cm³/mol. The lowest BCUT2D eigenvalue weighted by Gasteiger charge is -2.29. The van der Waals surface area contributed by atoms with Gasteiger partial charge < -0.3 is 4.74 Å². The molecule has 0 N–H and O–H groups in total. The molecule has 34 heavy (non-hydrogen) atoms. The second kappa shape index (κ2) is 8.27. The normalized spacial score (nSPS) is 21.6. The molecule has 0 aliphatic carbocycles. The minimum atomic E-state index is -1.02. The number of aryl methyl sites for hydroxylation is 1. The van der Waals surface area contributed by atoms with Crippen LogP contribution in [0.4, 0.5) is 17.1 Å². The van der Waals surface area contributed by atoms with E-state index in [0.717, 1.165) is 16.2 Å². The lowest BCUT2D eigenvalue weighted by Crippen LogP contribution is -2.37. The summed E-state index contributed by atoms with van der Waals surface area (Å²) in [6.45, 7) is 1.91. The van der Waals surface area contributed by atoms with Crippen LogP contribution >= 0.6 is 0 Å². The maximum absolute atomic E-state index is 13.6. The number of ether oxygens (including phenoxy) is 1. The number of non-ortho nitro benzene ring substituents is 1. The van der Waals surface area contributed by atoms with Gasteiger partial charge in [0.1, 0.15) is 11.7 Å². The van der Waals surface area contributed by atoms with E-state index < -0.39 is 28.9 Å². The van der Waals surface area contributed by atoms with Crippen molar-refractivity contribution >= 4 is 28.9 Å². The van der Waals surface area contributed by atoms with E-state index in [0.29, 0.717) is 17.0 Å². The van der Waals surface area contributed by atoms with Crippen molar-refractivity contribution in [2.75, 3.05) is 17.1 Å². The highest BCUT2D eigenvalue weighted by atomic mass is 16.7. The quantitative estimate of drug-likeness (QED) is 0.323. The van der Waals surface area contributed by atoms with Gasteiger partial charge in [0.2, 0.25) is 5.91 Å². The van der Waals surface area contributed by atoms with Crippen LogP contribution in [-0.4, -0.2) is 30.0 Å². The first-order valence-corrected chi connectivity index (χ1v) is 10.7. The molecule has 3 atom stereocenters. The Kier molecular flexibility index (Phi) is 5.25. The average Bonchev–Trinajstić information content (AvgIpc) is 3.35. The summed E-state index contributed by atoms with van der Waals surface area (Å²) in [4.78, 5) is 44.9. The Bertz CT molecular complexity index is 1270. The summed E-state index contributed by atoms with van der Waals surface area (Å²) in [6, 6.07) is 19.5. The number of imide groups is 1. The maximum atomic E-state index is 13.6. The molecule has 2 fully saturated rings. The van der Waals surface area contributed by atoms with Gasteiger partial charge in [-0.1, -0.05) is 30.3 Å². The number of fused-ring (bicyclic) bond motifs is 1. The molecular formula is C25H21N3O6. The van der Waals surface area contributed by atoms with E-state index in [1.165, 1.54) is 19.2 Å². The maximum Gasteiger partial charge on any atom is 0.269 e. The minimum Gasteiger partial charge on any atom is -0.497 e. The smallest absolute Gasteiger partial charge is 0.269 e. The molecule has 3 aromatic carbocycles. The van der Waals surface area contributed by atoms with Gasteiger partial charge in [0.05, 0.1) is 29.4 Å². The highest BCUT2D eigenvalue weighted by Crippen LogP contribution is 2.48. The highest BCUT2D eigenvalue weighted by molar-refractivity contribution is 6.23. The fraction of sp³-hybridized carbons (Fsp3) is 0.200. The number of anilines is 2. The van der Waals surface area contributed by atoms with E-state index in [1.807, 2.05) is 31.2 Å². The van der Waals surface area contributed by atoms with Crippen molar-refractivity contribution in [3.05, 3.63) is 94.0 Å². The van der Waals surface area contributed by atoms with Crippen molar-refractivity contribution in [1.29, 1.82) is 0 Å². The van der Waals surface area contributed by atoms with Crippen LogP contribution in [0, 0.1) is 23.0 Å². The number of hydrogen-bond donors (Lipinski definition) is 0. The van der Waals surface area contributed by atoms with Crippen LogP contribution < -0.4 is 14.7 Å². The number of methoxy groups -OCH3 is 1. The van der Waals surface area contributed by atoms with Crippen molar-refractivity contribution in [3.8, 4) is 5.75 Å². The zero-order valence-electron chi connectivity index (χ0n) is 18.5. The fourth-order valence-electron chi connectivity index (χ4n) is 4.55. The Morgan fingerprint density at radius 1 is 0.941 bits per heavy atom. The van der Waals surface area contributed by atoms with Gasteiger partial charge in [0.15, 0.2) is 6.10 Å². The molecule has 2 aliphatic heterocycles. The Hall–Kier alpha value is -4.24. The third-order valence-electron chi connectivity index (χ3n) is 6.24. The zero-order valence-corrected chi connectivity index (χ0v) is 18.5. The molecule has 0 aromatic heterocycles. The molecule has 9 nitrogen and oxygen atoms in total. The van der Waals surface area contributed by atoms with E-state index in [9.17, 15) is 19.7 Å². The summed E-state index contributed by atoms with van der Waals surface area (Å²) < 4.78 is 5.17. The molecule has 2 saturated heterocycles. The van der Waals surface area contributed by atoms with E-state index in [-0.39, 0.29) is 11.6 Å². The van der Waals surface area contributed by atoms with Gasteiger partial charge in [-0.2, -0.15) is 0 Å². The van der Waals surface area contributed by atoms with Crippen LogP contribution in [0.25, 0.3) is 0 Å². The second-order valence-corrected chi connectivity index (χ2v) is 8.17. The molecule has 2 aliphatic rings. The summed E-state index contributed by atoms with van der Waals surface area (Å²) in [5.74, 6) is -1.06. The number of carbonyl (C=O) groups is 2. The third kappa shape index (κ3) is 3.37. The van der Waals surface area contributed by atoms with Crippen molar-refractivity contribution < 1.29 is 24.1 Å². The Morgan fingerprint density at radius 3 is 2.24 bits per heavy atom. The number of rotatable bonds is 5. The number of amides is 2. The average molecular weight is 459 g/mol. The summed E-state index contributed by atoms with van der Waals surface area (Å²) in [5, 5.41) is 12.7. The first-order valence-electron chi connectivity index (χ1n) is 10.7. The first kappa shape index (κ1) is 21.6. The molecule has 0 bridgehead atoms. The number of hydrogen-bond acceptors (Lipinski definition) is 7. The fourth-order valence-corrected chi connectivity index (χ4v) is 4.55. The van der Waals surface area contributed by atoms with E-state index in [4.69, 9.17) is 9.57 Å². The molecule has 5 rings (SSSR count). The van der Waals surface area contributed by atoms with Crippen molar-refractivity contribution in [2.45, 2.75) is 19.1 Å². The number of para-hydroxylation sites is 1. The molecule has 2 heterocycles. The summed E-state index contributed by atoms with van der Waals surface area (Å²) >= 11 is 0. The monoisotopic (exact) mass is 459 g/mol. The lowest BCUT2D eigenvalue weighted by atomic mass is 9.90. The van der Waals surface area contributed by atoms with E-state index >= 15 is 0 Å². The number of nitrogens with zero attached hydrogens (tertiary/aromatic N) is 3. The number of carbonyl (C=O) groups excluding carboxylic acids is 2. The molecule has 0 spiro atoms. The second-order valence-electron chi connectivity index (χ2n) is 8.17. The summed E-state index contributed by atoms with van der Waals surface area (Å²) in [7, 11) is 1.54. The number of nitro benzene ring substituents is 1. The van der Waals surface area contributed by atoms with Crippen LogP contribution in [0.5, 0.6) is 5.75 Å². The lowest BCUT2D eigenvalue weighted by molar-refractivity contribution is -0.384. The largest absolute Gasteiger partial charge is 0.497 e. The summed E-state index contributed by atoms with van der Waals surface area (Å²) in [5.41, 5.74) is 2.63. The van der Waals surface area contributed by atoms with Gasteiger partial charge >= 0.3 is 0 Å². The van der Waals surface area contributed by atoms with Gasteiger partial charge in [-0.05, 0) is 48.4 Å². The van der Waals surface area contributed by atoms with E-state index in [1.54, 1.807) is 41.5 Å². The molecule has 9 heteroatoms. The Labute approximate surface area is 195 Å². The van der Waals surface area contributed by atoms with Crippen molar-refractivity contribution in [1.82, 2.24) is 0 Å². The molecule has 0 saturated carbocycles. The Balaban J connectivity index is 1.57. The topological polar surface area (TPSA) is 102 Å². The molecule has 2 amide bonds. The van der Waals surface area contributed by atoms with E-state index in [2.05, 4.69) is 0 Å². The molecule has 3 aromatic rings. The van der Waals surface area contributed by atoms with Crippen LogP contribution in [-0.2, 0) is 14.4 Å². The van der Waals surface area contributed by atoms with Crippen LogP contribution in [0.1, 0.15) is 17.2 Å². The molecule has 3 unspecified atom stereocenters. The van der Waals surface area contributed by atoms with Gasteiger partial charge in [-0.25, -0.2) is 9.96 Å². The number of hydroxylamine groups is 1. The third-order valence-corrected chi connectivity index (χ3v) is 6.24. The predicted octanol–water partition coefficient (Wildman–Crippen LogP) is 3.96. The molecular weight excluding hydrogens is 438 g/mol. The van der Waals surface area contributed by atoms with Gasteiger partial charge in [0.25, 0.3) is 11.6 Å². The van der Waals surface area contributed by atoms with Crippen LogP contribution in [0.15, 0.2) is 72.8 Å². The zero-order chi connectivity index (χ0) is 24.0. The summed E-state index contributed by atoms with van der Waals surface area (Å²) in [6.07, 6.45) is -1.02. The SMILES string of the molecule is COc1ccc(N2C(=O)C3ON(c4ccccc4C)C(c4ccc([N+](=O)[O-])cc4)C3C2=O)cc1. The van der Waals surface area contributed by atoms with Crippen molar-refractivity contribution in [3.63, 3.8) is 0 Å². The minimum absolute atomic E-state index is 0.0599. The molecule has 172 valence electrons. The van der Waals surface area contributed by atoms with Gasteiger partial charge in [-0.3, -0.25) is 24.5 Å². The Morgan fingerprint density at radius 2 is 1.62 bits per heavy atom. The van der Waals surface area contributed by atoms with Crippen LogP contribution in [0.3, 0.4) is 0 Å². The number of nitro groups is 1. The first-order chi connectivity index (χ1) is 16.4. The van der Waals surface area contributed by atoms with Gasteiger partial charge in [0, 0.05) is 12.1 Å². The van der Waals surface area contributed by atoms with Crippen LogP contribution in [0.2, 0.25) is 0 Å². The highest BCUT2D eigenvalue weighted by Gasteiger charge is 2.60. The molecule has 0 radical (unpaired) electrons. The standard InChI is InChI=1S/C25H21N3O6/c1-15-5-3-4-6-20(15)27-22(16-7-9-18(10-8-16)28(31)32)21-23(34-27)25(30)26(24(21)29)17-11-13-19(33-2)14-12-17/h3-14,21-23H,1-2H3. The van der Waals surface area contributed by atoms with Gasteiger partial charge in [-0.15, -0.1) is 0 Å². The van der Waals surface area contributed by atoms with Crippen molar-refractivity contribution in [2.24, 2.45) is 5.92 Å².